The quantitative estimate of drug-likeness (QED) is 0.833. The number of nitrogens with zero attached hydrogens (tertiary/aromatic N) is 2. The van der Waals surface area contributed by atoms with Gasteiger partial charge in [-0.05, 0) is 50.6 Å². The van der Waals surface area contributed by atoms with E-state index in [-0.39, 0.29) is 0 Å². The van der Waals surface area contributed by atoms with E-state index in [1.165, 1.54) is 5.56 Å². The zero-order valence-electron chi connectivity index (χ0n) is 13.1. The van der Waals surface area contributed by atoms with E-state index in [1.54, 1.807) is 0 Å². The van der Waals surface area contributed by atoms with Crippen LogP contribution in [0.1, 0.15) is 43.5 Å². The molecule has 19 heavy (non-hydrogen) atoms. The van der Waals surface area contributed by atoms with Gasteiger partial charge >= 0.3 is 0 Å². The molecule has 1 heterocycles. The first kappa shape index (κ1) is 16.4. The van der Waals surface area contributed by atoms with Gasteiger partial charge in [0.25, 0.3) is 0 Å². The molecular formula is C15H27N3S. The largest absolute Gasteiger partial charge is 0.319 e. The molecular weight excluding hydrogens is 254 g/mol. The molecule has 0 saturated carbocycles. The number of hydrogen-bond acceptors (Lipinski definition) is 4. The summed E-state index contributed by atoms with van der Waals surface area (Å²) in [5, 5.41) is 3.85. The van der Waals surface area contributed by atoms with Crippen LogP contribution in [0.25, 0.3) is 0 Å². The second kappa shape index (κ2) is 7.85. The van der Waals surface area contributed by atoms with Gasteiger partial charge in [0.2, 0.25) is 0 Å². The third-order valence-corrected chi connectivity index (χ3v) is 4.21. The Labute approximate surface area is 122 Å². The monoisotopic (exact) mass is 281 g/mol. The molecule has 108 valence electrons. The standard InChI is InChI=1S/C15H27N3S/c1-10(2)19-9-15-17-12(4)14(13(5)18-15)7-11(3)8-16-6/h10-11,16H,7-9H2,1-6H3. The van der Waals surface area contributed by atoms with Crippen LogP contribution in [-0.4, -0.2) is 28.8 Å². The minimum Gasteiger partial charge on any atom is -0.319 e. The summed E-state index contributed by atoms with van der Waals surface area (Å²) < 4.78 is 0. The van der Waals surface area contributed by atoms with Crippen LogP contribution in [0.4, 0.5) is 0 Å². The van der Waals surface area contributed by atoms with Crippen LogP contribution in [0.15, 0.2) is 0 Å². The molecule has 1 N–H and O–H groups in total. The minimum atomic E-state index is 0.613. The molecule has 1 rings (SSSR count). The van der Waals surface area contributed by atoms with Crippen molar-refractivity contribution in [3.05, 3.63) is 22.8 Å². The summed E-state index contributed by atoms with van der Waals surface area (Å²) in [6, 6.07) is 0. The molecule has 0 aromatic carbocycles. The SMILES string of the molecule is CNCC(C)Cc1c(C)nc(CSC(C)C)nc1C. The Morgan fingerprint density at radius 3 is 2.16 bits per heavy atom. The molecule has 0 amide bonds. The summed E-state index contributed by atoms with van der Waals surface area (Å²) >= 11 is 1.89. The summed E-state index contributed by atoms with van der Waals surface area (Å²) in [6.45, 7) is 11.9. The molecule has 0 spiro atoms. The highest BCUT2D eigenvalue weighted by Crippen LogP contribution is 2.19. The first-order valence-electron chi connectivity index (χ1n) is 7.03. The Morgan fingerprint density at radius 2 is 1.68 bits per heavy atom. The Morgan fingerprint density at radius 1 is 1.11 bits per heavy atom. The lowest BCUT2D eigenvalue weighted by molar-refractivity contribution is 0.536. The molecule has 1 unspecified atom stereocenters. The molecule has 1 aromatic heterocycles. The number of hydrogen-bond donors (Lipinski definition) is 1. The predicted octanol–water partition coefficient (Wildman–Crippen LogP) is 3.13. The van der Waals surface area contributed by atoms with Crippen molar-refractivity contribution in [2.24, 2.45) is 5.92 Å². The maximum atomic E-state index is 4.67. The smallest absolute Gasteiger partial charge is 0.138 e. The van der Waals surface area contributed by atoms with E-state index in [1.807, 2.05) is 18.8 Å². The molecule has 0 bridgehead atoms. The van der Waals surface area contributed by atoms with Crippen LogP contribution in [0.5, 0.6) is 0 Å². The molecule has 0 radical (unpaired) electrons. The fourth-order valence-corrected chi connectivity index (χ4v) is 2.79. The molecule has 0 aliphatic carbocycles. The predicted molar refractivity (Wildman–Crippen MR) is 84.7 cm³/mol. The van der Waals surface area contributed by atoms with Crippen molar-refractivity contribution in [3.8, 4) is 0 Å². The van der Waals surface area contributed by atoms with Crippen molar-refractivity contribution >= 4 is 11.8 Å². The van der Waals surface area contributed by atoms with Crippen LogP contribution in [0.2, 0.25) is 0 Å². The summed E-state index contributed by atoms with van der Waals surface area (Å²) in [6.07, 6.45) is 1.05. The summed E-state index contributed by atoms with van der Waals surface area (Å²) in [7, 11) is 2.00. The molecule has 4 heteroatoms. The maximum absolute atomic E-state index is 4.67. The first-order valence-corrected chi connectivity index (χ1v) is 8.08. The Hall–Kier alpha value is -0.610. The highest BCUT2D eigenvalue weighted by atomic mass is 32.2. The average molecular weight is 281 g/mol. The van der Waals surface area contributed by atoms with E-state index in [4.69, 9.17) is 0 Å². The van der Waals surface area contributed by atoms with E-state index in [0.29, 0.717) is 11.2 Å². The fourth-order valence-electron chi connectivity index (χ4n) is 2.18. The normalized spacial score (nSPS) is 13.0. The van der Waals surface area contributed by atoms with Gasteiger partial charge in [0.05, 0.1) is 5.75 Å². The van der Waals surface area contributed by atoms with Crippen molar-refractivity contribution in [2.45, 2.75) is 52.0 Å². The zero-order valence-corrected chi connectivity index (χ0v) is 13.9. The van der Waals surface area contributed by atoms with Gasteiger partial charge in [0.1, 0.15) is 5.82 Å². The molecule has 0 saturated heterocycles. The lowest BCUT2D eigenvalue weighted by Gasteiger charge is -2.15. The van der Waals surface area contributed by atoms with E-state index in [2.05, 4.69) is 49.9 Å². The number of aromatic nitrogens is 2. The third-order valence-electron chi connectivity index (χ3n) is 3.12. The molecule has 0 fully saturated rings. The van der Waals surface area contributed by atoms with Gasteiger partial charge in [-0.15, -0.1) is 0 Å². The number of aryl methyl sites for hydroxylation is 2. The van der Waals surface area contributed by atoms with Crippen molar-refractivity contribution in [1.82, 2.24) is 15.3 Å². The summed E-state index contributed by atoms with van der Waals surface area (Å²) in [5.41, 5.74) is 3.62. The second-order valence-corrected chi connectivity index (χ2v) is 7.08. The van der Waals surface area contributed by atoms with Crippen LogP contribution in [0, 0.1) is 19.8 Å². The Kier molecular flexibility index (Phi) is 6.80. The molecule has 0 aliphatic heterocycles. The Bertz CT molecular complexity index is 381. The first-order chi connectivity index (χ1) is 8.93. The van der Waals surface area contributed by atoms with Crippen LogP contribution >= 0.6 is 11.8 Å². The van der Waals surface area contributed by atoms with Gasteiger partial charge in [0, 0.05) is 11.4 Å². The number of thioether (sulfide) groups is 1. The van der Waals surface area contributed by atoms with Crippen LogP contribution < -0.4 is 5.32 Å². The minimum absolute atomic E-state index is 0.613. The lowest BCUT2D eigenvalue weighted by Crippen LogP contribution is -2.19. The molecule has 0 aliphatic rings. The van der Waals surface area contributed by atoms with Gasteiger partial charge in [-0.3, -0.25) is 0 Å². The van der Waals surface area contributed by atoms with Crippen LogP contribution in [-0.2, 0) is 12.2 Å². The highest BCUT2D eigenvalue weighted by molar-refractivity contribution is 7.99. The van der Waals surface area contributed by atoms with Gasteiger partial charge in [0.15, 0.2) is 0 Å². The molecule has 1 aromatic rings. The Balaban J connectivity index is 2.79. The van der Waals surface area contributed by atoms with E-state index in [0.717, 1.165) is 35.9 Å². The zero-order chi connectivity index (χ0) is 14.4. The average Bonchev–Trinajstić information content (AvgIpc) is 2.31. The van der Waals surface area contributed by atoms with Crippen molar-refractivity contribution in [1.29, 1.82) is 0 Å². The topological polar surface area (TPSA) is 37.8 Å². The maximum Gasteiger partial charge on any atom is 0.138 e. The fraction of sp³-hybridized carbons (Fsp3) is 0.733. The second-order valence-electron chi connectivity index (χ2n) is 5.52. The van der Waals surface area contributed by atoms with Gasteiger partial charge in [-0.2, -0.15) is 11.8 Å². The van der Waals surface area contributed by atoms with Crippen molar-refractivity contribution in [3.63, 3.8) is 0 Å². The number of rotatable bonds is 7. The van der Waals surface area contributed by atoms with Gasteiger partial charge in [-0.1, -0.05) is 20.8 Å². The van der Waals surface area contributed by atoms with Crippen molar-refractivity contribution < 1.29 is 0 Å². The van der Waals surface area contributed by atoms with Crippen LogP contribution in [0.3, 0.4) is 0 Å². The molecule has 1 atom stereocenters. The summed E-state index contributed by atoms with van der Waals surface area (Å²) in [4.78, 5) is 9.33. The van der Waals surface area contributed by atoms with Crippen molar-refractivity contribution in [2.75, 3.05) is 13.6 Å². The summed E-state index contributed by atoms with van der Waals surface area (Å²) in [5.74, 6) is 2.49. The molecule has 3 nitrogen and oxygen atoms in total. The third kappa shape index (κ3) is 5.49. The number of nitrogens with one attached hydrogen (secondary N) is 1. The lowest BCUT2D eigenvalue weighted by atomic mass is 9.99. The van der Waals surface area contributed by atoms with Gasteiger partial charge in [-0.25, -0.2) is 9.97 Å². The van der Waals surface area contributed by atoms with Gasteiger partial charge < -0.3 is 5.32 Å². The highest BCUT2D eigenvalue weighted by Gasteiger charge is 2.12. The van der Waals surface area contributed by atoms with E-state index >= 15 is 0 Å². The van der Waals surface area contributed by atoms with E-state index in [9.17, 15) is 0 Å². The van der Waals surface area contributed by atoms with E-state index < -0.39 is 0 Å².